The molecule has 0 aromatic carbocycles. The lowest BCUT2D eigenvalue weighted by Gasteiger charge is -2.26. The summed E-state index contributed by atoms with van der Waals surface area (Å²) in [5.41, 5.74) is 0. The third-order valence-corrected chi connectivity index (χ3v) is 3.45. The molecule has 2 N–H and O–H groups in total. The highest BCUT2D eigenvalue weighted by molar-refractivity contribution is 5.76. The minimum absolute atomic E-state index is 0.122. The van der Waals surface area contributed by atoms with E-state index in [1.165, 1.54) is 0 Å². The van der Waals surface area contributed by atoms with Crippen LogP contribution in [0.4, 0.5) is 0 Å². The molecule has 0 aromatic heterocycles. The van der Waals surface area contributed by atoms with Crippen LogP contribution >= 0.6 is 0 Å². The Labute approximate surface area is 103 Å². The van der Waals surface area contributed by atoms with E-state index in [-0.39, 0.29) is 17.9 Å². The maximum Gasteiger partial charge on any atom is 0.306 e. The molecule has 1 aliphatic rings. The highest BCUT2D eigenvalue weighted by atomic mass is 16.4. The summed E-state index contributed by atoms with van der Waals surface area (Å²) < 4.78 is 0. The minimum Gasteiger partial charge on any atom is -0.481 e. The van der Waals surface area contributed by atoms with E-state index in [1.807, 2.05) is 0 Å². The number of carbonyl (C=O) groups excluding carboxylic acids is 1. The van der Waals surface area contributed by atoms with Crippen molar-refractivity contribution in [2.75, 3.05) is 0 Å². The summed E-state index contributed by atoms with van der Waals surface area (Å²) in [5, 5.41) is 11.9. The molecule has 0 spiro atoms. The maximum atomic E-state index is 11.6. The number of carbonyl (C=O) groups is 2. The van der Waals surface area contributed by atoms with Crippen LogP contribution in [0.2, 0.25) is 0 Å². The smallest absolute Gasteiger partial charge is 0.306 e. The number of rotatable bonds is 6. The fraction of sp³-hybridized carbons (Fsp3) is 0.846. The van der Waals surface area contributed by atoms with Crippen LogP contribution in [0.3, 0.4) is 0 Å². The molecule has 0 saturated heterocycles. The van der Waals surface area contributed by atoms with Gasteiger partial charge in [0.2, 0.25) is 5.91 Å². The summed E-state index contributed by atoms with van der Waals surface area (Å²) in [6, 6.07) is 0.194. The van der Waals surface area contributed by atoms with Crippen LogP contribution in [0.5, 0.6) is 0 Å². The maximum absolute atomic E-state index is 11.6. The van der Waals surface area contributed by atoms with Gasteiger partial charge < -0.3 is 10.4 Å². The Kier molecular flexibility index (Phi) is 6.01. The lowest BCUT2D eigenvalue weighted by atomic mass is 9.86. The van der Waals surface area contributed by atoms with Crippen molar-refractivity contribution in [2.24, 2.45) is 5.92 Å². The Hall–Kier alpha value is -1.06. The quantitative estimate of drug-likeness (QED) is 0.701. The van der Waals surface area contributed by atoms with Crippen LogP contribution in [-0.4, -0.2) is 23.0 Å². The molecule has 4 heteroatoms. The monoisotopic (exact) mass is 241 g/mol. The number of hydrogen-bond acceptors (Lipinski definition) is 2. The van der Waals surface area contributed by atoms with Gasteiger partial charge in [-0.2, -0.15) is 0 Å². The van der Waals surface area contributed by atoms with E-state index in [0.717, 1.165) is 32.1 Å². The van der Waals surface area contributed by atoms with Gasteiger partial charge in [0.15, 0.2) is 0 Å². The number of nitrogens with one attached hydrogen (secondary N) is 1. The zero-order valence-corrected chi connectivity index (χ0v) is 10.6. The number of amides is 1. The van der Waals surface area contributed by atoms with E-state index >= 15 is 0 Å². The highest BCUT2D eigenvalue weighted by Gasteiger charge is 2.26. The van der Waals surface area contributed by atoms with Crippen molar-refractivity contribution in [3.8, 4) is 0 Å². The first-order valence-electron chi connectivity index (χ1n) is 6.65. The predicted octanol–water partition coefficient (Wildman–Crippen LogP) is 2.33. The number of carboxylic acid groups (broad SMARTS) is 1. The van der Waals surface area contributed by atoms with Gasteiger partial charge in [-0.25, -0.2) is 0 Å². The van der Waals surface area contributed by atoms with Crippen LogP contribution in [0.25, 0.3) is 0 Å². The van der Waals surface area contributed by atoms with Crippen LogP contribution in [0.1, 0.15) is 58.3 Å². The number of hydrogen-bond donors (Lipinski definition) is 2. The average Bonchev–Trinajstić information content (AvgIpc) is 2.30. The summed E-state index contributed by atoms with van der Waals surface area (Å²) in [4.78, 5) is 22.3. The SMILES string of the molecule is CCCCCC(=O)NC1CCC(C(=O)O)CC1. The number of carboxylic acids is 1. The summed E-state index contributed by atoms with van der Waals surface area (Å²) in [6.45, 7) is 2.12. The van der Waals surface area contributed by atoms with Crippen molar-refractivity contribution >= 4 is 11.9 Å². The van der Waals surface area contributed by atoms with Gasteiger partial charge in [-0.05, 0) is 32.1 Å². The molecule has 0 aliphatic heterocycles. The molecule has 4 nitrogen and oxygen atoms in total. The van der Waals surface area contributed by atoms with Gasteiger partial charge in [-0.3, -0.25) is 9.59 Å². The molecule has 98 valence electrons. The molecule has 0 radical (unpaired) electrons. The molecule has 1 amide bonds. The predicted molar refractivity (Wildman–Crippen MR) is 65.7 cm³/mol. The largest absolute Gasteiger partial charge is 0.481 e. The Morgan fingerprint density at radius 1 is 1.18 bits per heavy atom. The second-order valence-electron chi connectivity index (χ2n) is 4.91. The molecule has 1 rings (SSSR count). The van der Waals surface area contributed by atoms with Gasteiger partial charge in [-0.15, -0.1) is 0 Å². The normalized spacial score (nSPS) is 24.3. The molecule has 1 aliphatic carbocycles. The lowest BCUT2D eigenvalue weighted by molar-refractivity contribution is -0.142. The van der Waals surface area contributed by atoms with Crippen molar-refractivity contribution in [1.29, 1.82) is 0 Å². The summed E-state index contributed by atoms with van der Waals surface area (Å²) in [5.74, 6) is -0.779. The Morgan fingerprint density at radius 2 is 1.82 bits per heavy atom. The number of aliphatic carboxylic acids is 1. The Bertz CT molecular complexity index is 257. The van der Waals surface area contributed by atoms with Gasteiger partial charge >= 0.3 is 5.97 Å². The van der Waals surface area contributed by atoms with E-state index in [9.17, 15) is 9.59 Å². The van der Waals surface area contributed by atoms with Crippen molar-refractivity contribution in [3.05, 3.63) is 0 Å². The van der Waals surface area contributed by atoms with Gasteiger partial charge in [0.1, 0.15) is 0 Å². The molecule has 1 fully saturated rings. The zero-order chi connectivity index (χ0) is 12.7. The minimum atomic E-state index is -0.697. The molecular formula is C13H23NO3. The summed E-state index contributed by atoms with van der Waals surface area (Å²) in [7, 11) is 0. The molecule has 1 saturated carbocycles. The van der Waals surface area contributed by atoms with Crippen molar-refractivity contribution in [1.82, 2.24) is 5.32 Å². The third kappa shape index (κ3) is 5.20. The van der Waals surface area contributed by atoms with E-state index in [4.69, 9.17) is 5.11 Å². The lowest BCUT2D eigenvalue weighted by Crippen LogP contribution is -2.38. The zero-order valence-electron chi connectivity index (χ0n) is 10.6. The molecule has 0 atom stereocenters. The molecule has 0 aromatic rings. The van der Waals surface area contributed by atoms with E-state index in [0.29, 0.717) is 19.3 Å². The second kappa shape index (κ2) is 7.30. The molecule has 0 heterocycles. The molecule has 17 heavy (non-hydrogen) atoms. The first kappa shape index (κ1) is 14.0. The molecular weight excluding hydrogens is 218 g/mol. The van der Waals surface area contributed by atoms with Crippen LogP contribution in [-0.2, 0) is 9.59 Å². The second-order valence-corrected chi connectivity index (χ2v) is 4.91. The average molecular weight is 241 g/mol. The topological polar surface area (TPSA) is 66.4 Å². The standard InChI is InChI=1S/C13H23NO3/c1-2-3-4-5-12(15)14-11-8-6-10(7-9-11)13(16)17/h10-11H,2-9H2,1H3,(H,14,15)(H,16,17). The van der Waals surface area contributed by atoms with Crippen LogP contribution in [0.15, 0.2) is 0 Å². The van der Waals surface area contributed by atoms with Gasteiger partial charge in [-0.1, -0.05) is 19.8 Å². The first-order valence-corrected chi connectivity index (χ1v) is 6.65. The fourth-order valence-electron chi connectivity index (χ4n) is 2.32. The van der Waals surface area contributed by atoms with Gasteiger partial charge in [0.25, 0.3) is 0 Å². The fourth-order valence-corrected chi connectivity index (χ4v) is 2.32. The van der Waals surface area contributed by atoms with Crippen molar-refractivity contribution in [3.63, 3.8) is 0 Å². The Balaban J connectivity index is 2.17. The van der Waals surface area contributed by atoms with Crippen molar-refractivity contribution in [2.45, 2.75) is 64.3 Å². The first-order chi connectivity index (χ1) is 8.13. The van der Waals surface area contributed by atoms with Gasteiger partial charge in [0.05, 0.1) is 5.92 Å². The van der Waals surface area contributed by atoms with E-state index in [2.05, 4.69) is 12.2 Å². The molecule has 0 unspecified atom stereocenters. The van der Waals surface area contributed by atoms with E-state index < -0.39 is 5.97 Å². The van der Waals surface area contributed by atoms with Gasteiger partial charge in [0, 0.05) is 12.5 Å². The van der Waals surface area contributed by atoms with Crippen molar-refractivity contribution < 1.29 is 14.7 Å². The summed E-state index contributed by atoms with van der Waals surface area (Å²) >= 11 is 0. The van der Waals surface area contributed by atoms with Crippen LogP contribution in [0, 0.1) is 5.92 Å². The van der Waals surface area contributed by atoms with E-state index in [1.54, 1.807) is 0 Å². The number of unbranched alkanes of at least 4 members (excludes halogenated alkanes) is 2. The summed E-state index contributed by atoms with van der Waals surface area (Å²) in [6.07, 6.45) is 6.76. The van der Waals surface area contributed by atoms with Crippen LogP contribution < -0.4 is 5.32 Å². The highest BCUT2D eigenvalue weighted by Crippen LogP contribution is 2.24. The Morgan fingerprint density at radius 3 is 2.35 bits per heavy atom. The molecule has 0 bridgehead atoms. The third-order valence-electron chi connectivity index (χ3n) is 3.45.